The summed E-state index contributed by atoms with van der Waals surface area (Å²) in [5, 5.41) is 0. The van der Waals surface area contributed by atoms with Crippen LogP contribution in [0, 0.1) is 12.7 Å². The molecule has 2 rings (SSSR count). The molecule has 2 N–H and O–H groups in total. The van der Waals surface area contributed by atoms with E-state index in [0.29, 0.717) is 0 Å². The van der Waals surface area contributed by atoms with E-state index >= 15 is 0 Å². The highest BCUT2D eigenvalue weighted by Gasteiger charge is 2.18. The van der Waals surface area contributed by atoms with E-state index in [2.05, 4.69) is 0 Å². The lowest BCUT2D eigenvalue weighted by Crippen LogP contribution is -2.10. The van der Waals surface area contributed by atoms with Crippen LogP contribution in [0.4, 0.5) is 4.39 Å². The molecular weight excluding hydrogens is 197 g/mol. The molecule has 76 valence electrons. The van der Waals surface area contributed by atoms with Gasteiger partial charge in [-0.2, -0.15) is 0 Å². The van der Waals surface area contributed by atoms with Crippen LogP contribution in [0.1, 0.15) is 30.0 Å². The Kier molecular flexibility index (Phi) is 2.79. The summed E-state index contributed by atoms with van der Waals surface area (Å²) in [7, 11) is 0. The molecule has 0 bridgehead atoms. The van der Waals surface area contributed by atoms with Crippen LogP contribution in [0.5, 0.6) is 0 Å². The Hall–Kier alpha value is -0.540. The Balaban J connectivity index is 2.53. The van der Waals surface area contributed by atoms with Crippen LogP contribution in [0.3, 0.4) is 0 Å². The van der Waals surface area contributed by atoms with Crippen molar-refractivity contribution in [2.45, 2.75) is 30.7 Å². The number of rotatable bonds is 0. The third kappa shape index (κ3) is 1.79. The molecular formula is C11H14FNS. The van der Waals surface area contributed by atoms with E-state index < -0.39 is 0 Å². The largest absolute Gasteiger partial charge is 0.324 e. The number of benzene rings is 1. The van der Waals surface area contributed by atoms with Crippen LogP contribution in [-0.4, -0.2) is 5.75 Å². The van der Waals surface area contributed by atoms with Crippen molar-refractivity contribution in [3.63, 3.8) is 0 Å². The van der Waals surface area contributed by atoms with Gasteiger partial charge in [0.2, 0.25) is 0 Å². The second-order valence-corrected chi connectivity index (χ2v) is 4.84. The van der Waals surface area contributed by atoms with Crippen molar-refractivity contribution < 1.29 is 4.39 Å². The smallest absolute Gasteiger partial charge is 0.123 e. The molecule has 0 saturated carbocycles. The molecule has 1 heterocycles. The van der Waals surface area contributed by atoms with Crippen molar-refractivity contribution in [3.8, 4) is 0 Å². The highest BCUT2D eigenvalue weighted by molar-refractivity contribution is 7.99. The SMILES string of the molecule is Cc1cc(F)cc2c1SCCCC2N. The van der Waals surface area contributed by atoms with E-state index in [9.17, 15) is 4.39 Å². The quantitative estimate of drug-likeness (QED) is 0.714. The zero-order valence-electron chi connectivity index (χ0n) is 8.22. The zero-order chi connectivity index (χ0) is 10.1. The number of hydrogen-bond acceptors (Lipinski definition) is 2. The fraction of sp³-hybridized carbons (Fsp3) is 0.455. The van der Waals surface area contributed by atoms with Crippen molar-refractivity contribution in [2.24, 2.45) is 5.73 Å². The minimum Gasteiger partial charge on any atom is -0.324 e. The maximum atomic E-state index is 13.2. The Labute approximate surface area is 87.9 Å². The van der Waals surface area contributed by atoms with Gasteiger partial charge in [0.15, 0.2) is 0 Å². The van der Waals surface area contributed by atoms with Crippen molar-refractivity contribution in [2.75, 3.05) is 5.75 Å². The summed E-state index contributed by atoms with van der Waals surface area (Å²) < 4.78 is 13.2. The summed E-state index contributed by atoms with van der Waals surface area (Å²) >= 11 is 1.80. The van der Waals surface area contributed by atoms with Gasteiger partial charge in [0.05, 0.1) is 0 Å². The normalized spacial score (nSPS) is 21.5. The van der Waals surface area contributed by atoms with Gasteiger partial charge in [0, 0.05) is 10.9 Å². The molecule has 0 saturated heterocycles. The Morgan fingerprint density at radius 2 is 2.29 bits per heavy atom. The van der Waals surface area contributed by atoms with Crippen LogP contribution in [0.2, 0.25) is 0 Å². The van der Waals surface area contributed by atoms with E-state index in [0.717, 1.165) is 29.7 Å². The lowest BCUT2D eigenvalue weighted by atomic mass is 10.0. The van der Waals surface area contributed by atoms with Gasteiger partial charge < -0.3 is 5.73 Å². The van der Waals surface area contributed by atoms with Crippen molar-refractivity contribution >= 4 is 11.8 Å². The molecule has 1 aromatic rings. The molecule has 1 aromatic carbocycles. The average Bonchev–Trinajstić information content (AvgIpc) is 2.29. The number of halogens is 1. The van der Waals surface area contributed by atoms with E-state index in [-0.39, 0.29) is 11.9 Å². The van der Waals surface area contributed by atoms with Gasteiger partial charge in [-0.3, -0.25) is 0 Å². The van der Waals surface area contributed by atoms with E-state index in [1.807, 2.05) is 6.92 Å². The number of fused-ring (bicyclic) bond motifs is 1. The number of thioether (sulfide) groups is 1. The van der Waals surface area contributed by atoms with Gasteiger partial charge >= 0.3 is 0 Å². The summed E-state index contributed by atoms with van der Waals surface area (Å²) in [6.07, 6.45) is 2.07. The summed E-state index contributed by atoms with van der Waals surface area (Å²) in [6.45, 7) is 1.95. The minimum absolute atomic E-state index is 0.00870. The number of nitrogens with two attached hydrogens (primary N) is 1. The molecule has 1 unspecified atom stereocenters. The monoisotopic (exact) mass is 211 g/mol. The van der Waals surface area contributed by atoms with E-state index in [4.69, 9.17) is 5.73 Å². The third-order valence-corrected chi connectivity index (χ3v) is 3.91. The maximum absolute atomic E-state index is 13.2. The topological polar surface area (TPSA) is 26.0 Å². The molecule has 0 spiro atoms. The molecule has 0 fully saturated rings. The van der Waals surface area contributed by atoms with E-state index in [1.54, 1.807) is 23.9 Å². The third-order valence-electron chi connectivity index (χ3n) is 2.57. The Morgan fingerprint density at radius 3 is 3.07 bits per heavy atom. The van der Waals surface area contributed by atoms with Crippen molar-refractivity contribution in [1.29, 1.82) is 0 Å². The predicted octanol–water partition coefficient (Wildman–Crippen LogP) is 3.02. The lowest BCUT2D eigenvalue weighted by Gasteiger charge is -2.13. The molecule has 14 heavy (non-hydrogen) atoms. The molecule has 0 radical (unpaired) electrons. The van der Waals surface area contributed by atoms with E-state index in [1.165, 1.54) is 4.90 Å². The molecule has 1 atom stereocenters. The molecule has 1 aliphatic rings. The number of aryl methyl sites for hydroxylation is 1. The van der Waals surface area contributed by atoms with Crippen molar-refractivity contribution in [1.82, 2.24) is 0 Å². The van der Waals surface area contributed by atoms with Gasteiger partial charge in [-0.05, 0) is 48.8 Å². The van der Waals surface area contributed by atoms with Gasteiger partial charge in [0.25, 0.3) is 0 Å². The molecule has 0 aliphatic carbocycles. The van der Waals surface area contributed by atoms with Crippen molar-refractivity contribution in [3.05, 3.63) is 29.1 Å². The first-order chi connectivity index (χ1) is 6.68. The predicted molar refractivity (Wildman–Crippen MR) is 58.0 cm³/mol. The Bertz CT molecular complexity index is 351. The summed E-state index contributed by atoms with van der Waals surface area (Å²) in [6, 6.07) is 3.18. The highest BCUT2D eigenvalue weighted by Crippen LogP contribution is 2.36. The van der Waals surface area contributed by atoms with Gasteiger partial charge in [-0.25, -0.2) is 4.39 Å². The van der Waals surface area contributed by atoms with Crippen LogP contribution in [0.25, 0.3) is 0 Å². The maximum Gasteiger partial charge on any atom is 0.123 e. The molecule has 0 aromatic heterocycles. The summed E-state index contributed by atoms with van der Waals surface area (Å²) in [5.41, 5.74) is 8.01. The first-order valence-electron chi connectivity index (χ1n) is 4.87. The molecule has 3 heteroatoms. The molecule has 0 amide bonds. The summed E-state index contributed by atoms with van der Waals surface area (Å²) in [4.78, 5) is 1.19. The highest BCUT2D eigenvalue weighted by atomic mass is 32.2. The second kappa shape index (κ2) is 3.91. The average molecular weight is 211 g/mol. The minimum atomic E-state index is -0.167. The van der Waals surface area contributed by atoms with Crippen LogP contribution in [-0.2, 0) is 0 Å². The lowest BCUT2D eigenvalue weighted by molar-refractivity contribution is 0.601. The summed E-state index contributed by atoms with van der Waals surface area (Å²) in [5.74, 6) is 0.923. The standard InChI is InChI=1S/C11H14FNS/c1-7-5-8(12)6-9-10(13)3-2-4-14-11(7)9/h5-6,10H,2-4,13H2,1H3. The van der Waals surface area contributed by atoms with Crippen LogP contribution >= 0.6 is 11.8 Å². The molecule has 1 aliphatic heterocycles. The zero-order valence-corrected chi connectivity index (χ0v) is 9.03. The Morgan fingerprint density at radius 1 is 1.50 bits per heavy atom. The van der Waals surface area contributed by atoms with Crippen LogP contribution in [0.15, 0.2) is 17.0 Å². The van der Waals surface area contributed by atoms with Gasteiger partial charge in [0.1, 0.15) is 5.82 Å². The molecule has 1 nitrogen and oxygen atoms in total. The second-order valence-electron chi connectivity index (χ2n) is 3.74. The fourth-order valence-electron chi connectivity index (χ4n) is 1.86. The number of hydrogen-bond donors (Lipinski definition) is 1. The van der Waals surface area contributed by atoms with Gasteiger partial charge in [-0.1, -0.05) is 0 Å². The van der Waals surface area contributed by atoms with Crippen LogP contribution < -0.4 is 5.73 Å². The first-order valence-corrected chi connectivity index (χ1v) is 5.85. The fourth-order valence-corrected chi connectivity index (χ4v) is 3.04. The first kappa shape index (κ1) is 9.99. The van der Waals surface area contributed by atoms with Gasteiger partial charge in [-0.15, -0.1) is 11.8 Å².